The minimum atomic E-state index is -0.0902. The van der Waals surface area contributed by atoms with Crippen molar-refractivity contribution >= 4 is 5.57 Å². The van der Waals surface area contributed by atoms with Crippen LogP contribution >= 0.6 is 0 Å². The van der Waals surface area contributed by atoms with Gasteiger partial charge in [-0.2, -0.15) is 0 Å². The first-order chi connectivity index (χ1) is 14.3. The SMILES string of the molecule is CC(CC(=C1C=CC=CC1)c1ccccc1)c1ccc(OC2CCCCO2)cc1. The van der Waals surface area contributed by atoms with E-state index in [1.807, 2.05) is 0 Å². The number of hydrogen-bond donors (Lipinski definition) is 0. The molecule has 2 aromatic carbocycles. The molecule has 29 heavy (non-hydrogen) atoms. The molecule has 0 bridgehead atoms. The summed E-state index contributed by atoms with van der Waals surface area (Å²) in [5.41, 5.74) is 5.52. The van der Waals surface area contributed by atoms with E-state index in [2.05, 4.69) is 85.8 Å². The smallest absolute Gasteiger partial charge is 0.199 e. The molecule has 0 amide bonds. The van der Waals surface area contributed by atoms with Crippen LogP contribution in [0.3, 0.4) is 0 Å². The molecule has 0 aromatic heterocycles. The van der Waals surface area contributed by atoms with Crippen molar-refractivity contribution in [1.82, 2.24) is 0 Å². The predicted molar refractivity (Wildman–Crippen MR) is 120 cm³/mol. The van der Waals surface area contributed by atoms with Gasteiger partial charge in [0.25, 0.3) is 0 Å². The molecule has 1 aliphatic carbocycles. The van der Waals surface area contributed by atoms with Gasteiger partial charge in [-0.25, -0.2) is 0 Å². The average Bonchev–Trinajstić information content (AvgIpc) is 2.80. The maximum absolute atomic E-state index is 5.99. The fourth-order valence-electron chi connectivity index (χ4n) is 4.07. The largest absolute Gasteiger partial charge is 0.465 e. The summed E-state index contributed by atoms with van der Waals surface area (Å²) in [6, 6.07) is 19.4. The third kappa shape index (κ3) is 5.27. The monoisotopic (exact) mass is 386 g/mol. The molecule has 0 radical (unpaired) electrons. The Morgan fingerprint density at radius 3 is 2.55 bits per heavy atom. The topological polar surface area (TPSA) is 18.5 Å². The Balaban J connectivity index is 1.48. The van der Waals surface area contributed by atoms with Gasteiger partial charge in [-0.05, 0) is 66.0 Å². The first-order valence-corrected chi connectivity index (χ1v) is 10.8. The Kier molecular flexibility index (Phi) is 6.63. The molecular weight excluding hydrogens is 356 g/mol. The number of benzene rings is 2. The fraction of sp³-hybridized carbons (Fsp3) is 0.333. The lowest BCUT2D eigenvalue weighted by atomic mass is 9.86. The van der Waals surface area contributed by atoms with E-state index >= 15 is 0 Å². The Hall–Kier alpha value is -2.58. The summed E-state index contributed by atoms with van der Waals surface area (Å²) < 4.78 is 11.7. The van der Waals surface area contributed by atoms with Gasteiger partial charge in [0.05, 0.1) is 6.61 Å². The molecule has 2 nitrogen and oxygen atoms in total. The average molecular weight is 387 g/mol. The molecule has 2 heteroatoms. The molecule has 1 fully saturated rings. The lowest BCUT2D eigenvalue weighted by molar-refractivity contribution is -0.105. The lowest BCUT2D eigenvalue weighted by Gasteiger charge is -2.24. The van der Waals surface area contributed by atoms with Crippen LogP contribution in [0.2, 0.25) is 0 Å². The van der Waals surface area contributed by atoms with Gasteiger partial charge >= 0.3 is 0 Å². The Labute approximate surface area is 174 Å². The van der Waals surface area contributed by atoms with Crippen LogP contribution in [0.5, 0.6) is 5.75 Å². The summed E-state index contributed by atoms with van der Waals surface area (Å²) in [7, 11) is 0. The second-order valence-electron chi connectivity index (χ2n) is 7.95. The van der Waals surface area contributed by atoms with E-state index in [1.165, 1.54) is 28.7 Å². The molecule has 1 saturated heterocycles. The lowest BCUT2D eigenvalue weighted by Crippen LogP contribution is -2.24. The summed E-state index contributed by atoms with van der Waals surface area (Å²) in [5.74, 6) is 1.33. The van der Waals surface area contributed by atoms with Crippen molar-refractivity contribution in [3.63, 3.8) is 0 Å². The number of rotatable bonds is 6. The van der Waals surface area contributed by atoms with Gasteiger partial charge in [0.2, 0.25) is 0 Å². The van der Waals surface area contributed by atoms with E-state index in [1.54, 1.807) is 0 Å². The Morgan fingerprint density at radius 1 is 1.03 bits per heavy atom. The molecule has 2 atom stereocenters. The van der Waals surface area contributed by atoms with Crippen molar-refractivity contribution in [3.8, 4) is 5.75 Å². The quantitative estimate of drug-likeness (QED) is 0.529. The molecule has 150 valence electrons. The molecule has 1 aliphatic heterocycles. The zero-order chi connectivity index (χ0) is 19.9. The van der Waals surface area contributed by atoms with Crippen molar-refractivity contribution in [2.45, 2.75) is 51.2 Å². The molecular formula is C27H30O2. The van der Waals surface area contributed by atoms with Gasteiger partial charge in [-0.1, -0.05) is 73.7 Å². The third-order valence-corrected chi connectivity index (χ3v) is 5.76. The molecule has 0 spiro atoms. The van der Waals surface area contributed by atoms with Crippen LogP contribution in [-0.2, 0) is 4.74 Å². The molecule has 1 heterocycles. The summed E-state index contributed by atoms with van der Waals surface area (Å²) in [5, 5.41) is 0. The highest BCUT2D eigenvalue weighted by atomic mass is 16.7. The third-order valence-electron chi connectivity index (χ3n) is 5.76. The minimum Gasteiger partial charge on any atom is -0.465 e. The van der Waals surface area contributed by atoms with Crippen LogP contribution in [0, 0.1) is 0 Å². The summed E-state index contributed by atoms with van der Waals surface area (Å²) in [6.07, 6.45) is 14.0. The van der Waals surface area contributed by atoms with E-state index in [0.29, 0.717) is 5.92 Å². The van der Waals surface area contributed by atoms with Crippen molar-refractivity contribution in [2.75, 3.05) is 6.61 Å². The van der Waals surface area contributed by atoms with E-state index in [9.17, 15) is 0 Å². The second-order valence-corrected chi connectivity index (χ2v) is 7.95. The fourth-order valence-corrected chi connectivity index (χ4v) is 4.07. The van der Waals surface area contributed by atoms with Crippen LogP contribution in [0.15, 0.2) is 84.5 Å². The predicted octanol–water partition coefficient (Wildman–Crippen LogP) is 7.06. The molecule has 2 aromatic rings. The zero-order valence-electron chi connectivity index (χ0n) is 17.2. The van der Waals surface area contributed by atoms with Crippen LogP contribution in [0.4, 0.5) is 0 Å². The van der Waals surface area contributed by atoms with Crippen LogP contribution < -0.4 is 4.74 Å². The highest BCUT2D eigenvalue weighted by Gasteiger charge is 2.17. The van der Waals surface area contributed by atoms with Crippen LogP contribution in [-0.4, -0.2) is 12.9 Å². The van der Waals surface area contributed by atoms with Crippen molar-refractivity contribution < 1.29 is 9.47 Å². The maximum Gasteiger partial charge on any atom is 0.199 e. The van der Waals surface area contributed by atoms with E-state index in [4.69, 9.17) is 9.47 Å². The maximum atomic E-state index is 5.99. The summed E-state index contributed by atoms with van der Waals surface area (Å²) in [4.78, 5) is 0. The van der Waals surface area contributed by atoms with Gasteiger partial charge in [0.15, 0.2) is 6.29 Å². The van der Waals surface area contributed by atoms with Gasteiger partial charge in [0, 0.05) is 6.42 Å². The highest BCUT2D eigenvalue weighted by molar-refractivity contribution is 5.72. The van der Waals surface area contributed by atoms with Gasteiger partial charge in [-0.3, -0.25) is 0 Å². The van der Waals surface area contributed by atoms with Crippen LogP contribution in [0.25, 0.3) is 5.57 Å². The molecule has 4 rings (SSSR count). The van der Waals surface area contributed by atoms with Crippen LogP contribution in [0.1, 0.15) is 56.1 Å². The number of hydrogen-bond acceptors (Lipinski definition) is 2. The molecule has 0 saturated carbocycles. The van der Waals surface area contributed by atoms with Crippen molar-refractivity contribution in [3.05, 3.63) is 95.6 Å². The van der Waals surface area contributed by atoms with Crippen molar-refractivity contribution in [1.29, 1.82) is 0 Å². The van der Waals surface area contributed by atoms with Gasteiger partial charge in [0.1, 0.15) is 5.75 Å². The second kappa shape index (κ2) is 9.76. The number of ether oxygens (including phenoxy) is 2. The first kappa shape index (κ1) is 19.7. The van der Waals surface area contributed by atoms with Crippen molar-refractivity contribution in [2.24, 2.45) is 0 Å². The standard InChI is InChI=1S/C27H30O2/c1-21(22-15-17-25(18-16-22)29-27-14-8-9-19-28-27)20-26(23-10-4-2-5-11-23)24-12-6-3-7-13-24/h2-7,10-12,15-18,21,27H,8-9,13-14,19-20H2,1H3. The van der Waals surface area contributed by atoms with E-state index in [0.717, 1.165) is 38.0 Å². The normalized spacial score (nSPS) is 21.6. The molecule has 0 N–H and O–H groups in total. The summed E-state index contributed by atoms with van der Waals surface area (Å²) in [6.45, 7) is 3.12. The van der Waals surface area contributed by atoms with E-state index < -0.39 is 0 Å². The Bertz CT molecular complexity index is 869. The van der Waals surface area contributed by atoms with E-state index in [-0.39, 0.29) is 6.29 Å². The molecule has 2 aliphatic rings. The minimum absolute atomic E-state index is 0.0902. The highest BCUT2D eigenvalue weighted by Crippen LogP contribution is 2.34. The Morgan fingerprint density at radius 2 is 1.86 bits per heavy atom. The molecule has 2 unspecified atom stereocenters. The van der Waals surface area contributed by atoms with Gasteiger partial charge < -0.3 is 9.47 Å². The number of allylic oxidation sites excluding steroid dienone is 6. The zero-order valence-corrected chi connectivity index (χ0v) is 17.2. The summed E-state index contributed by atoms with van der Waals surface area (Å²) >= 11 is 0. The first-order valence-electron chi connectivity index (χ1n) is 10.8. The van der Waals surface area contributed by atoms with Gasteiger partial charge in [-0.15, -0.1) is 0 Å².